The summed E-state index contributed by atoms with van der Waals surface area (Å²) in [5, 5.41) is 0. The fourth-order valence-corrected chi connectivity index (χ4v) is 2.92. The van der Waals surface area contributed by atoms with Gasteiger partial charge in [-0.15, -0.1) is 0 Å². The molecule has 0 spiro atoms. The maximum Gasteiger partial charge on any atom is 0.129 e. The van der Waals surface area contributed by atoms with Crippen LogP contribution >= 0.6 is 15.9 Å². The Morgan fingerprint density at radius 1 is 1.50 bits per heavy atom. The van der Waals surface area contributed by atoms with Crippen LogP contribution in [0.4, 0.5) is 4.39 Å². The Morgan fingerprint density at radius 3 is 2.83 bits per heavy atom. The smallest absolute Gasteiger partial charge is 0.129 e. The van der Waals surface area contributed by atoms with Gasteiger partial charge in [-0.1, -0.05) is 28.9 Å². The first-order chi connectivity index (χ1) is 8.49. The molecule has 18 heavy (non-hydrogen) atoms. The summed E-state index contributed by atoms with van der Waals surface area (Å²) in [7, 11) is 0. The maximum absolute atomic E-state index is 13.9. The van der Waals surface area contributed by atoms with E-state index in [-0.39, 0.29) is 17.9 Å². The van der Waals surface area contributed by atoms with E-state index in [9.17, 15) is 4.39 Å². The summed E-state index contributed by atoms with van der Waals surface area (Å²) in [6.07, 6.45) is 0.990. The van der Waals surface area contributed by atoms with Crippen molar-refractivity contribution in [2.75, 3.05) is 13.1 Å². The molecule has 0 saturated carbocycles. The number of likely N-dealkylation sites (tertiary alicyclic amines) is 1. The van der Waals surface area contributed by atoms with Gasteiger partial charge in [0.05, 0.1) is 0 Å². The van der Waals surface area contributed by atoms with E-state index in [0.717, 1.165) is 29.5 Å². The van der Waals surface area contributed by atoms with E-state index in [1.54, 1.807) is 0 Å². The zero-order chi connectivity index (χ0) is 13.3. The van der Waals surface area contributed by atoms with E-state index in [2.05, 4.69) is 34.7 Å². The zero-order valence-corrected chi connectivity index (χ0v) is 12.5. The fourth-order valence-electron chi connectivity index (χ4n) is 2.58. The van der Waals surface area contributed by atoms with Crippen molar-refractivity contribution in [2.24, 2.45) is 11.7 Å². The van der Waals surface area contributed by atoms with Gasteiger partial charge in [-0.2, -0.15) is 0 Å². The lowest BCUT2D eigenvalue weighted by atomic mass is 9.92. The molecule has 1 aliphatic rings. The highest BCUT2D eigenvalue weighted by atomic mass is 79.9. The highest BCUT2D eigenvalue weighted by molar-refractivity contribution is 9.10. The molecule has 1 heterocycles. The topological polar surface area (TPSA) is 29.3 Å². The molecule has 1 saturated heterocycles. The molecular formula is C14H20BrFN2. The van der Waals surface area contributed by atoms with Crippen molar-refractivity contribution in [2.45, 2.75) is 32.4 Å². The lowest BCUT2D eigenvalue weighted by Gasteiger charge is -2.39. The first-order valence-corrected chi connectivity index (χ1v) is 7.23. The molecule has 2 N–H and O–H groups in total. The van der Waals surface area contributed by atoms with Crippen LogP contribution in [0.2, 0.25) is 0 Å². The van der Waals surface area contributed by atoms with Crippen molar-refractivity contribution in [1.82, 2.24) is 4.90 Å². The van der Waals surface area contributed by atoms with Crippen molar-refractivity contribution >= 4 is 15.9 Å². The van der Waals surface area contributed by atoms with Crippen LogP contribution in [0, 0.1) is 11.7 Å². The number of hydrogen-bond acceptors (Lipinski definition) is 2. The Morgan fingerprint density at radius 2 is 2.22 bits per heavy atom. The molecule has 4 heteroatoms. The number of nitrogens with two attached hydrogens (primary N) is 1. The predicted octanol–water partition coefficient (Wildman–Crippen LogP) is 3.32. The molecule has 100 valence electrons. The molecule has 3 atom stereocenters. The Balaban J connectivity index is 2.13. The number of hydrogen-bond donors (Lipinski definition) is 1. The molecule has 0 aromatic heterocycles. The van der Waals surface area contributed by atoms with Crippen molar-refractivity contribution < 1.29 is 4.39 Å². The van der Waals surface area contributed by atoms with Crippen LogP contribution in [0.15, 0.2) is 22.7 Å². The average Bonchev–Trinajstić information content (AvgIpc) is 2.32. The largest absolute Gasteiger partial charge is 0.327 e. The minimum atomic E-state index is -0.139. The quantitative estimate of drug-likeness (QED) is 0.907. The summed E-state index contributed by atoms with van der Waals surface area (Å²) in [5.41, 5.74) is 6.79. The fraction of sp³-hybridized carbons (Fsp3) is 0.571. The predicted molar refractivity (Wildman–Crippen MR) is 75.8 cm³/mol. The second-order valence-corrected chi connectivity index (χ2v) is 6.18. The van der Waals surface area contributed by atoms with Crippen LogP contribution in [0.1, 0.15) is 31.9 Å². The van der Waals surface area contributed by atoms with E-state index < -0.39 is 0 Å². The van der Waals surface area contributed by atoms with Gasteiger partial charge in [-0.3, -0.25) is 4.90 Å². The highest BCUT2D eigenvalue weighted by Gasteiger charge is 2.27. The number of piperidine rings is 1. The van der Waals surface area contributed by atoms with E-state index >= 15 is 0 Å². The van der Waals surface area contributed by atoms with Crippen molar-refractivity contribution in [3.05, 3.63) is 34.1 Å². The van der Waals surface area contributed by atoms with Crippen LogP contribution < -0.4 is 5.73 Å². The van der Waals surface area contributed by atoms with Crippen LogP contribution in [0.3, 0.4) is 0 Å². The van der Waals surface area contributed by atoms with Crippen LogP contribution in [-0.2, 0) is 0 Å². The van der Waals surface area contributed by atoms with Crippen molar-refractivity contribution in [3.8, 4) is 0 Å². The molecule has 0 bridgehead atoms. The first-order valence-electron chi connectivity index (χ1n) is 6.43. The summed E-state index contributed by atoms with van der Waals surface area (Å²) < 4.78 is 14.7. The molecule has 1 fully saturated rings. The Labute approximate surface area is 116 Å². The molecule has 0 aliphatic carbocycles. The van der Waals surface area contributed by atoms with Gasteiger partial charge in [0.2, 0.25) is 0 Å². The Bertz CT molecular complexity index is 424. The standard InChI is InChI=1S/C14H20BrFN2/c1-9-8-18(6-5-14(9)17)10(2)12-4-3-11(15)7-13(12)16/h3-4,7,9-10,14H,5-6,8,17H2,1-2H3. The summed E-state index contributed by atoms with van der Waals surface area (Å²) in [6, 6.07) is 5.68. The van der Waals surface area contributed by atoms with Crippen LogP contribution in [-0.4, -0.2) is 24.0 Å². The molecule has 3 unspecified atom stereocenters. The molecule has 0 radical (unpaired) electrons. The van der Waals surface area contributed by atoms with E-state index in [4.69, 9.17) is 5.73 Å². The van der Waals surface area contributed by atoms with E-state index in [0.29, 0.717) is 5.92 Å². The molecule has 0 amide bonds. The minimum Gasteiger partial charge on any atom is -0.327 e. The third-order valence-electron chi connectivity index (χ3n) is 3.96. The van der Waals surface area contributed by atoms with Gasteiger partial charge in [0, 0.05) is 35.2 Å². The third-order valence-corrected chi connectivity index (χ3v) is 4.46. The van der Waals surface area contributed by atoms with E-state index in [1.165, 1.54) is 6.07 Å². The lowest BCUT2D eigenvalue weighted by molar-refractivity contribution is 0.122. The van der Waals surface area contributed by atoms with Gasteiger partial charge >= 0.3 is 0 Å². The SMILES string of the molecule is CC1CN(C(C)c2ccc(Br)cc2F)CCC1N. The number of nitrogens with zero attached hydrogens (tertiary/aromatic N) is 1. The molecular weight excluding hydrogens is 295 g/mol. The van der Waals surface area contributed by atoms with Gasteiger partial charge in [-0.25, -0.2) is 4.39 Å². The molecule has 1 aromatic carbocycles. The lowest BCUT2D eigenvalue weighted by Crippen LogP contribution is -2.46. The van der Waals surface area contributed by atoms with Crippen molar-refractivity contribution in [1.29, 1.82) is 0 Å². The van der Waals surface area contributed by atoms with Crippen LogP contribution in [0.25, 0.3) is 0 Å². The minimum absolute atomic E-state index is 0.105. The molecule has 2 rings (SSSR count). The monoisotopic (exact) mass is 314 g/mol. The molecule has 2 nitrogen and oxygen atoms in total. The number of benzene rings is 1. The summed E-state index contributed by atoms with van der Waals surface area (Å²) in [6.45, 7) is 6.12. The first kappa shape index (κ1) is 14.0. The Kier molecular flexibility index (Phi) is 4.41. The summed E-state index contributed by atoms with van der Waals surface area (Å²) in [5.74, 6) is 0.333. The number of halogens is 2. The Hall–Kier alpha value is -0.450. The van der Waals surface area contributed by atoms with Gasteiger partial charge in [0.1, 0.15) is 5.82 Å². The summed E-state index contributed by atoms with van der Waals surface area (Å²) >= 11 is 3.29. The average molecular weight is 315 g/mol. The van der Waals surface area contributed by atoms with Crippen LogP contribution in [0.5, 0.6) is 0 Å². The second-order valence-electron chi connectivity index (χ2n) is 5.27. The van der Waals surface area contributed by atoms with Gasteiger partial charge in [0.15, 0.2) is 0 Å². The number of rotatable bonds is 2. The third kappa shape index (κ3) is 2.92. The normalized spacial score (nSPS) is 27.2. The maximum atomic E-state index is 13.9. The van der Waals surface area contributed by atoms with Gasteiger partial charge < -0.3 is 5.73 Å². The van der Waals surface area contributed by atoms with E-state index in [1.807, 2.05) is 12.1 Å². The highest BCUT2D eigenvalue weighted by Crippen LogP contribution is 2.28. The second kappa shape index (κ2) is 5.68. The summed E-state index contributed by atoms with van der Waals surface area (Å²) in [4.78, 5) is 2.32. The van der Waals surface area contributed by atoms with Crippen molar-refractivity contribution in [3.63, 3.8) is 0 Å². The molecule has 1 aromatic rings. The van der Waals surface area contributed by atoms with Gasteiger partial charge in [-0.05, 0) is 31.4 Å². The van der Waals surface area contributed by atoms with Gasteiger partial charge in [0.25, 0.3) is 0 Å². The molecule has 1 aliphatic heterocycles. The zero-order valence-electron chi connectivity index (χ0n) is 10.9.